The third-order valence-corrected chi connectivity index (χ3v) is 5.37. The number of carbonyl (C=O) groups is 2. The SMILES string of the molecule is Cc1ccc(N2CC(C(=O)Nc3nc(C4CC4)cs3)CC2=O)cc1. The maximum absolute atomic E-state index is 12.5. The summed E-state index contributed by atoms with van der Waals surface area (Å²) in [5.74, 6) is 0.135. The number of anilines is 2. The van der Waals surface area contributed by atoms with Crippen LogP contribution in [0.3, 0.4) is 0 Å². The summed E-state index contributed by atoms with van der Waals surface area (Å²) >= 11 is 1.46. The van der Waals surface area contributed by atoms with Gasteiger partial charge in [-0.2, -0.15) is 0 Å². The van der Waals surface area contributed by atoms with Crippen LogP contribution in [0.15, 0.2) is 29.6 Å². The van der Waals surface area contributed by atoms with Crippen LogP contribution in [0.1, 0.15) is 36.4 Å². The summed E-state index contributed by atoms with van der Waals surface area (Å²) in [5.41, 5.74) is 3.08. The number of thiazole rings is 1. The van der Waals surface area contributed by atoms with Crippen LogP contribution in [0, 0.1) is 12.8 Å². The minimum absolute atomic E-state index is 0.00295. The van der Waals surface area contributed by atoms with Gasteiger partial charge in [0.25, 0.3) is 0 Å². The molecule has 1 unspecified atom stereocenters. The van der Waals surface area contributed by atoms with Crippen LogP contribution >= 0.6 is 11.3 Å². The maximum Gasteiger partial charge on any atom is 0.231 e. The Morgan fingerprint density at radius 1 is 1.29 bits per heavy atom. The van der Waals surface area contributed by atoms with Crippen LogP contribution in [0.5, 0.6) is 0 Å². The molecule has 0 bridgehead atoms. The number of carbonyl (C=O) groups excluding carboxylic acids is 2. The van der Waals surface area contributed by atoms with Gasteiger partial charge in [-0.15, -0.1) is 11.3 Å². The second-order valence-corrected chi connectivity index (χ2v) is 7.44. The first kappa shape index (κ1) is 15.3. The van der Waals surface area contributed by atoms with E-state index < -0.39 is 0 Å². The number of aromatic nitrogens is 1. The molecule has 1 aliphatic heterocycles. The average Bonchev–Trinajstić information content (AvgIpc) is 3.19. The van der Waals surface area contributed by atoms with Gasteiger partial charge in [0.2, 0.25) is 11.8 Å². The first-order valence-corrected chi connectivity index (χ1v) is 9.11. The Labute approximate surface area is 144 Å². The van der Waals surface area contributed by atoms with Crippen molar-refractivity contribution in [3.05, 3.63) is 40.9 Å². The normalized spacial score (nSPS) is 20.5. The van der Waals surface area contributed by atoms with Gasteiger partial charge in [0.1, 0.15) is 0 Å². The lowest BCUT2D eigenvalue weighted by Crippen LogP contribution is -2.28. The zero-order valence-corrected chi connectivity index (χ0v) is 14.3. The predicted molar refractivity (Wildman–Crippen MR) is 94.4 cm³/mol. The highest BCUT2D eigenvalue weighted by atomic mass is 32.1. The number of rotatable bonds is 4. The van der Waals surface area contributed by atoms with Crippen LogP contribution in [-0.2, 0) is 9.59 Å². The van der Waals surface area contributed by atoms with Crippen molar-refractivity contribution in [3.63, 3.8) is 0 Å². The molecule has 0 radical (unpaired) electrons. The second kappa shape index (κ2) is 6.02. The fraction of sp³-hybridized carbons (Fsp3) is 0.389. The van der Waals surface area contributed by atoms with Gasteiger partial charge in [-0.1, -0.05) is 17.7 Å². The van der Waals surface area contributed by atoms with Crippen LogP contribution in [0.2, 0.25) is 0 Å². The van der Waals surface area contributed by atoms with Crippen molar-refractivity contribution in [1.29, 1.82) is 0 Å². The molecule has 1 aromatic carbocycles. The Morgan fingerprint density at radius 2 is 2.04 bits per heavy atom. The number of benzene rings is 1. The number of amides is 2. The van der Waals surface area contributed by atoms with Crippen molar-refractivity contribution < 1.29 is 9.59 Å². The van der Waals surface area contributed by atoms with E-state index in [4.69, 9.17) is 0 Å². The molecule has 24 heavy (non-hydrogen) atoms. The zero-order valence-electron chi connectivity index (χ0n) is 13.5. The molecule has 0 spiro atoms. The lowest BCUT2D eigenvalue weighted by Gasteiger charge is -2.16. The maximum atomic E-state index is 12.5. The van der Waals surface area contributed by atoms with Crippen molar-refractivity contribution in [2.75, 3.05) is 16.8 Å². The smallest absolute Gasteiger partial charge is 0.231 e. The molecule has 1 aliphatic carbocycles. The summed E-state index contributed by atoms with van der Waals surface area (Å²) in [7, 11) is 0. The highest BCUT2D eigenvalue weighted by Crippen LogP contribution is 2.41. The highest BCUT2D eigenvalue weighted by Gasteiger charge is 2.35. The van der Waals surface area contributed by atoms with E-state index in [2.05, 4.69) is 10.3 Å². The summed E-state index contributed by atoms with van der Waals surface area (Å²) in [6, 6.07) is 7.81. The molecular formula is C18H19N3O2S. The first-order chi connectivity index (χ1) is 11.6. The number of nitrogens with one attached hydrogen (secondary N) is 1. The molecule has 5 nitrogen and oxygen atoms in total. The van der Waals surface area contributed by atoms with Gasteiger partial charge in [-0.05, 0) is 31.9 Å². The average molecular weight is 341 g/mol. The van der Waals surface area contributed by atoms with Crippen LogP contribution in [0.4, 0.5) is 10.8 Å². The number of hydrogen-bond donors (Lipinski definition) is 1. The molecule has 1 atom stereocenters. The first-order valence-electron chi connectivity index (χ1n) is 8.23. The van der Waals surface area contributed by atoms with E-state index in [9.17, 15) is 9.59 Å². The van der Waals surface area contributed by atoms with Crippen molar-refractivity contribution in [1.82, 2.24) is 4.98 Å². The molecule has 1 aromatic heterocycles. The number of nitrogens with zero attached hydrogens (tertiary/aromatic N) is 2. The zero-order chi connectivity index (χ0) is 16.7. The molecule has 2 heterocycles. The van der Waals surface area contributed by atoms with E-state index in [-0.39, 0.29) is 24.2 Å². The van der Waals surface area contributed by atoms with E-state index in [0.29, 0.717) is 17.6 Å². The molecule has 2 aliphatic rings. The van der Waals surface area contributed by atoms with E-state index in [1.807, 2.05) is 36.6 Å². The Morgan fingerprint density at radius 3 is 2.75 bits per heavy atom. The highest BCUT2D eigenvalue weighted by molar-refractivity contribution is 7.13. The summed E-state index contributed by atoms with van der Waals surface area (Å²) in [5, 5.41) is 5.54. The quantitative estimate of drug-likeness (QED) is 0.928. The van der Waals surface area contributed by atoms with Gasteiger partial charge in [-0.3, -0.25) is 9.59 Å². The van der Waals surface area contributed by atoms with Gasteiger partial charge in [0.05, 0.1) is 11.6 Å². The molecule has 1 saturated heterocycles. The summed E-state index contributed by atoms with van der Waals surface area (Å²) in [6.07, 6.45) is 2.64. The Balaban J connectivity index is 1.41. The van der Waals surface area contributed by atoms with Gasteiger partial charge < -0.3 is 10.2 Å². The summed E-state index contributed by atoms with van der Waals surface area (Å²) in [6.45, 7) is 2.43. The third-order valence-electron chi connectivity index (χ3n) is 4.59. The van der Waals surface area contributed by atoms with Crippen molar-refractivity contribution in [2.45, 2.75) is 32.1 Å². The van der Waals surface area contributed by atoms with Gasteiger partial charge in [0, 0.05) is 30.0 Å². The van der Waals surface area contributed by atoms with E-state index in [1.165, 1.54) is 24.2 Å². The van der Waals surface area contributed by atoms with E-state index in [0.717, 1.165) is 16.9 Å². The molecule has 6 heteroatoms. The van der Waals surface area contributed by atoms with Crippen LogP contribution < -0.4 is 10.2 Å². The molecular weight excluding hydrogens is 322 g/mol. The Hall–Kier alpha value is -2.21. The van der Waals surface area contributed by atoms with Crippen LogP contribution in [-0.4, -0.2) is 23.3 Å². The number of aryl methyl sites for hydroxylation is 1. The molecule has 1 saturated carbocycles. The molecule has 124 valence electrons. The molecule has 2 aromatic rings. The fourth-order valence-corrected chi connectivity index (χ4v) is 3.77. The summed E-state index contributed by atoms with van der Waals surface area (Å²) in [4.78, 5) is 30.9. The largest absolute Gasteiger partial charge is 0.312 e. The predicted octanol–water partition coefficient (Wildman–Crippen LogP) is 3.32. The van der Waals surface area contributed by atoms with Gasteiger partial charge in [0.15, 0.2) is 5.13 Å². The van der Waals surface area contributed by atoms with E-state index in [1.54, 1.807) is 4.90 Å². The van der Waals surface area contributed by atoms with Gasteiger partial charge >= 0.3 is 0 Å². The monoisotopic (exact) mass is 341 g/mol. The van der Waals surface area contributed by atoms with Gasteiger partial charge in [-0.25, -0.2) is 4.98 Å². The van der Waals surface area contributed by atoms with E-state index >= 15 is 0 Å². The fourth-order valence-electron chi connectivity index (χ4n) is 2.98. The number of hydrogen-bond acceptors (Lipinski definition) is 4. The topological polar surface area (TPSA) is 62.3 Å². The lowest BCUT2D eigenvalue weighted by atomic mass is 10.1. The standard InChI is InChI=1S/C18H19N3O2S/c1-11-2-6-14(7-3-11)21-9-13(8-16(21)22)17(23)20-18-19-15(10-24-18)12-4-5-12/h2-3,6-7,10,12-13H,4-5,8-9H2,1H3,(H,19,20,23). The third kappa shape index (κ3) is 3.06. The minimum atomic E-state index is -0.327. The Bertz CT molecular complexity index is 780. The molecule has 2 fully saturated rings. The van der Waals surface area contributed by atoms with Crippen molar-refractivity contribution in [2.24, 2.45) is 5.92 Å². The minimum Gasteiger partial charge on any atom is -0.312 e. The summed E-state index contributed by atoms with van der Waals surface area (Å²) < 4.78 is 0. The lowest BCUT2D eigenvalue weighted by molar-refractivity contribution is -0.122. The molecule has 4 rings (SSSR count). The molecule has 1 N–H and O–H groups in total. The van der Waals surface area contributed by atoms with Crippen molar-refractivity contribution >= 4 is 34.0 Å². The van der Waals surface area contributed by atoms with Crippen LogP contribution in [0.25, 0.3) is 0 Å². The Kier molecular flexibility index (Phi) is 3.84. The second-order valence-electron chi connectivity index (χ2n) is 6.58. The molecule has 2 amide bonds. The van der Waals surface area contributed by atoms with Crippen molar-refractivity contribution in [3.8, 4) is 0 Å².